The van der Waals surface area contributed by atoms with Crippen LogP contribution in [0.15, 0.2) is 30.3 Å². The lowest BCUT2D eigenvalue weighted by Crippen LogP contribution is -2.45. The van der Waals surface area contributed by atoms with E-state index in [4.69, 9.17) is 4.74 Å². The number of esters is 2. The van der Waals surface area contributed by atoms with Gasteiger partial charge in [-0.15, -0.1) is 0 Å². The molecule has 1 saturated carbocycles. The van der Waals surface area contributed by atoms with Crippen LogP contribution >= 0.6 is 0 Å². The molecule has 8 heteroatoms. The molecule has 3 atom stereocenters. The van der Waals surface area contributed by atoms with Gasteiger partial charge in [-0.1, -0.05) is 30.3 Å². The summed E-state index contributed by atoms with van der Waals surface area (Å²) in [4.78, 5) is 49.1. The Morgan fingerprint density at radius 2 is 1.79 bits per heavy atom. The third-order valence-corrected chi connectivity index (χ3v) is 4.85. The van der Waals surface area contributed by atoms with Crippen LogP contribution in [0.5, 0.6) is 0 Å². The highest BCUT2D eigenvalue weighted by Gasteiger charge is 2.50. The molecule has 1 aromatic rings. The van der Waals surface area contributed by atoms with Gasteiger partial charge >= 0.3 is 11.9 Å². The van der Waals surface area contributed by atoms with Crippen LogP contribution in [0.4, 0.5) is 8.78 Å². The highest BCUT2D eigenvalue weighted by molar-refractivity contribution is 6.17. The molecule has 0 heterocycles. The second-order valence-corrected chi connectivity index (χ2v) is 6.87. The highest BCUT2D eigenvalue weighted by Crippen LogP contribution is 2.42. The lowest BCUT2D eigenvalue weighted by atomic mass is 9.72. The molecule has 0 aromatic heterocycles. The molecule has 0 saturated heterocycles. The Bertz CT molecular complexity index is 746. The minimum Gasteiger partial charge on any atom is -0.469 e. The lowest BCUT2D eigenvalue weighted by molar-refractivity contribution is -0.166. The molecule has 0 bridgehead atoms. The Kier molecular flexibility index (Phi) is 6.99. The van der Waals surface area contributed by atoms with E-state index in [0.717, 1.165) is 14.0 Å². The van der Waals surface area contributed by atoms with Crippen molar-refractivity contribution in [3.8, 4) is 0 Å². The number of benzene rings is 1. The third kappa shape index (κ3) is 5.21. The number of ketones is 2. The van der Waals surface area contributed by atoms with Gasteiger partial charge in [0.25, 0.3) is 0 Å². The summed E-state index contributed by atoms with van der Waals surface area (Å²) in [6.07, 6.45) is -1.79. The van der Waals surface area contributed by atoms with Crippen molar-refractivity contribution in [2.45, 2.75) is 38.7 Å². The Hall–Kier alpha value is -2.64. The number of methoxy groups -OCH3 is 1. The number of hydrogen-bond donors (Lipinski definition) is 0. The lowest BCUT2D eigenvalue weighted by Gasteiger charge is -2.34. The van der Waals surface area contributed by atoms with E-state index in [1.165, 1.54) is 0 Å². The minimum atomic E-state index is -3.12. The van der Waals surface area contributed by atoms with Crippen molar-refractivity contribution in [2.75, 3.05) is 7.11 Å². The molecule has 1 aliphatic carbocycles. The quantitative estimate of drug-likeness (QED) is 0.520. The van der Waals surface area contributed by atoms with Crippen LogP contribution in [-0.4, -0.2) is 36.5 Å². The molecule has 0 spiro atoms. The van der Waals surface area contributed by atoms with Crippen molar-refractivity contribution in [3.63, 3.8) is 0 Å². The fraction of sp³-hybridized carbons (Fsp3) is 0.500. The van der Waals surface area contributed by atoms with Gasteiger partial charge in [0, 0.05) is 18.8 Å². The summed E-state index contributed by atoms with van der Waals surface area (Å²) in [7, 11) is 1.03. The number of halogens is 2. The van der Waals surface area contributed by atoms with Crippen LogP contribution in [0.1, 0.15) is 31.7 Å². The standard InChI is InChI=1S/C20H22F2O6/c1-12(23)16(19(26)28-11-13-6-4-3-5-7-13)17(24)14-8-9-20(21,22)10-15(14)18(25)27-2/h3-7,14-16H,8-11H2,1-2H3. The van der Waals surface area contributed by atoms with E-state index in [1.54, 1.807) is 30.3 Å². The zero-order valence-corrected chi connectivity index (χ0v) is 15.7. The Morgan fingerprint density at radius 1 is 1.14 bits per heavy atom. The van der Waals surface area contributed by atoms with E-state index in [1.807, 2.05) is 0 Å². The minimum absolute atomic E-state index is 0.139. The molecule has 6 nitrogen and oxygen atoms in total. The van der Waals surface area contributed by atoms with Gasteiger partial charge in [-0.2, -0.15) is 0 Å². The third-order valence-electron chi connectivity index (χ3n) is 4.85. The van der Waals surface area contributed by atoms with Crippen molar-refractivity contribution in [2.24, 2.45) is 17.8 Å². The summed E-state index contributed by atoms with van der Waals surface area (Å²) in [5.41, 5.74) is 0.662. The molecule has 2 rings (SSSR count). The van der Waals surface area contributed by atoms with Crippen LogP contribution in [0.3, 0.4) is 0 Å². The van der Waals surface area contributed by atoms with Crippen LogP contribution in [0.25, 0.3) is 0 Å². The fourth-order valence-corrected chi connectivity index (χ4v) is 3.38. The van der Waals surface area contributed by atoms with E-state index in [9.17, 15) is 28.0 Å². The van der Waals surface area contributed by atoms with Crippen LogP contribution in [0.2, 0.25) is 0 Å². The summed E-state index contributed by atoms with van der Waals surface area (Å²) in [5, 5.41) is 0. The second-order valence-electron chi connectivity index (χ2n) is 6.87. The van der Waals surface area contributed by atoms with Gasteiger partial charge in [-0.3, -0.25) is 19.2 Å². The maximum atomic E-state index is 13.7. The van der Waals surface area contributed by atoms with Crippen molar-refractivity contribution in [1.29, 1.82) is 0 Å². The summed E-state index contributed by atoms with van der Waals surface area (Å²) < 4.78 is 37.1. The molecule has 3 unspecified atom stereocenters. The maximum Gasteiger partial charge on any atom is 0.324 e. The average Bonchev–Trinajstić information content (AvgIpc) is 2.65. The van der Waals surface area contributed by atoms with Crippen molar-refractivity contribution >= 4 is 23.5 Å². The van der Waals surface area contributed by atoms with Gasteiger partial charge in [0.05, 0.1) is 13.0 Å². The van der Waals surface area contributed by atoms with Crippen molar-refractivity contribution in [1.82, 2.24) is 0 Å². The first-order valence-electron chi connectivity index (χ1n) is 8.86. The summed E-state index contributed by atoms with van der Waals surface area (Å²) in [5.74, 6) is -11.1. The first-order valence-corrected chi connectivity index (χ1v) is 8.86. The van der Waals surface area contributed by atoms with E-state index < -0.39 is 60.0 Å². The Labute approximate surface area is 161 Å². The van der Waals surface area contributed by atoms with Crippen LogP contribution in [-0.2, 0) is 35.3 Å². The summed E-state index contributed by atoms with van der Waals surface area (Å²) >= 11 is 0. The molecule has 1 fully saturated rings. The van der Waals surface area contributed by atoms with E-state index >= 15 is 0 Å². The van der Waals surface area contributed by atoms with Crippen LogP contribution < -0.4 is 0 Å². The van der Waals surface area contributed by atoms with Crippen molar-refractivity contribution < 1.29 is 37.4 Å². The zero-order valence-electron chi connectivity index (χ0n) is 15.7. The topological polar surface area (TPSA) is 86.7 Å². The largest absolute Gasteiger partial charge is 0.469 e. The first-order chi connectivity index (χ1) is 13.2. The SMILES string of the molecule is COC(=O)C1CC(F)(F)CCC1C(=O)C(C(C)=O)C(=O)OCc1ccccc1. The van der Waals surface area contributed by atoms with E-state index in [2.05, 4.69) is 4.74 Å². The number of hydrogen-bond acceptors (Lipinski definition) is 6. The highest BCUT2D eigenvalue weighted by atomic mass is 19.3. The Balaban J connectivity index is 2.17. The smallest absolute Gasteiger partial charge is 0.324 e. The number of rotatable bonds is 7. The molecule has 0 N–H and O–H groups in total. The van der Waals surface area contributed by atoms with Crippen LogP contribution in [0, 0.1) is 17.8 Å². The predicted molar refractivity (Wildman–Crippen MR) is 93.2 cm³/mol. The monoisotopic (exact) mass is 396 g/mol. The number of ether oxygens (including phenoxy) is 2. The number of carbonyl (C=O) groups is 4. The number of Topliss-reactive ketones (excluding diaryl/α,β-unsaturated/α-hetero) is 2. The van der Waals surface area contributed by atoms with Gasteiger partial charge in [0.15, 0.2) is 17.5 Å². The Morgan fingerprint density at radius 3 is 2.36 bits per heavy atom. The molecule has 28 heavy (non-hydrogen) atoms. The van der Waals surface area contributed by atoms with Gasteiger partial charge in [-0.25, -0.2) is 8.78 Å². The molecular formula is C20H22F2O6. The molecule has 0 aliphatic heterocycles. The first kappa shape index (κ1) is 21.7. The molecule has 0 radical (unpaired) electrons. The number of alkyl halides is 2. The molecule has 152 valence electrons. The number of carbonyl (C=O) groups excluding carboxylic acids is 4. The molecule has 0 amide bonds. The molecule has 1 aliphatic rings. The van der Waals surface area contributed by atoms with Gasteiger partial charge in [0.2, 0.25) is 5.92 Å². The van der Waals surface area contributed by atoms with Gasteiger partial charge < -0.3 is 9.47 Å². The zero-order chi connectivity index (χ0) is 20.9. The molecular weight excluding hydrogens is 374 g/mol. The van der Waals surface area contributed by atoms with Crippen molar-refractivity contribution in [3.05, 3.63) is 35.9 Å². The maximum absolute atomic E-state index is 13.7. The normalized spacial score (nSPS) is 22.0. The average molecular weight is 396 g/mol. The van der Waals surface area contributed by atoms with E-state index in [0.29, 0.717) is 5.56 Å². The van der Waals surface area contributed by atoms with E-state index in [-0.39, 0.29) is 13.0 Å². The molecule has 1 aromatic carbocycles. The van der Waals surface area contributed by atoms with Gasteiger partial charge in [0.1, 0.15) is 6.61 Å². The second kappa shape index (κ2) is 9.03. The van der Waals surface area contributed by atoms with Gasteiger partial charge in [-0.05, 0) is 18.9 Å². The summed E-state index contributed by atoms with van der Waals surface area (Å²) in [6, 6.07) is 8.65. The predicted octanol–water partition coefficient (Wildman–Crippen LogP) is 2.73. The fourth-order valence-electron chi connectivity index (χ4n) is 3.38. The summed E-state index contributed by atoms with van der Waals surface area (Å²) in [6.45, 7) is 0.914.